The van der Waals surface area contributed by atoms with Crippen molar-refractivity contribution >= 4 is 17.8 Å². The molecular formula is C12H21NO5. The summed E-state index contributed by atoms with van der Waals surface area (Å²) in [5.74, 6) is -2.35. The Morgan fingerprint density at radius 2 is 1.56 bits per heavy atom. The smallest absolute Gasteiger partial charge is 0.326 e. The molecule has 0 radical (unpaired) electrons. The van der Waals surface area contributed by atoms with Gasteiger partial charge in [-0.1, -0.05) is 20.3 Å². The zero-order valence-electron chi connectivity index (χ0n) is 10.8. The third-order valence-corrected chi connectivity index (χ3v) is 2.54. The molecule has 0 saturated carbocycles. The van der Waals surface area contributed by atoms with E-state index in [4.69, 9.17) is 10.2 Å². The lowest BCUT2D eigenvalue weighted by Crippen LogP contribution is -2.44. The average molecular weight is 259 g/mol. The van der Waals surface area contributed by atoms with Gasteiger partial charge in [0.2, 0.25) is 5.91 Å². The quantitative estimate of drug-likeness (QED) is 0.540. The molecule has 0 spiro atoms. The van der Waals surface area contributed by atoms with Crippen LogP contribution in [0.5, 0.6) is 0 Å². The van der Waals surface area contributed by atoms with E-state index in [9.17, 15) is 14.4 Å². The topological polar surface area (TPSA) is 104 Å². The molecule has 1 atom stereocenters. The maximum Gasteiger partial charge on any atom is 0.326 e. The molecule has 0 aliphatic carbocycles. The number of hydrogen-bond acceptors (Lipinski definition) is 3. The summed E-state index contributed by atoms with van der Waals surface area (Å²) in [7, 11) is 0. The summed E-state index contributed by atoms with van der Waals surface area (Å²) in [6, 6.07) is -0.864. The normalized spacial score (nSPS) is 12.2. The zero-order chi connectivity index (χ0) is 14.1. The van der Waals surface area contributed by atoms with Gasteiger partial charge in [0, 0.05) is 12.8 Å². The Morgan fingerprint density at radius 3 is 2.00 bits per heavy atom. The van der Waals surface area contributed by atoms with Crippen molar-refractivity contribution in [2.75, 3.05) is 0 Å². The molecule has 0 bridgehead atoms. The largest absolute Gasteiger partial charge is 0.481 e. The second kappa shape index (κ2) is 8.49. The molecular weight excluding hydrogens is 238 g/mol. The van der Waals surface area contributed by atoms with Crippen molar-refractivity contribution < 1.29 is 24.6 Å². The highest BCUT2D eigenvalue weighted by molar-refractivity contribution is 5.83. The number of rotatable bonds is 9. The Bertz CT molecular complexity index is 301. The van der Waals surface area contributed by atoms with Crippen molar-refractivity contribution in [2.24, 2.45) is 5.92 Å². The lowest BCUT2D eigenvalue weighted by molar-refractivity contribution is -0.143. The van der Waals surface area contributed by atoms with Crippen LogP contribution in [0.15, 0.2) is 0 Å². The van der Waals surface area contributed by atoms with Gasteiger partial charge in [-0.2, -0.15) is 0 Å². The van der Waals surface area contributed by atoms with Gasteiger partial charge in [-0.05, 0) is 18.8 Å². The molecule has 0 aromatic rings. The van der Waals surface area contributed by atoms with E-state index in [1.54, 1.807) is 13.8 Å². The number of carboxylic acid groups (broad SMARTS) is 2. The lowest BCUT2D eigenvalue weighted by atomic mass is 10.0. The first kappa shape index (κ1) is 16.4. The predicted octanol–water partition coefficient (Wildman–Crippen LogP) is 1.25. The number of carboxylic acids is 2. The van der Waals surface area contributed by atoms with Crippen LogP contribution in [0.25, 0.3) is 0 Å². The summed E-state index contributed by atoms with van der Waals surface area (Å²) < 4.78 is 0. The van der Waals surface area contributed by atoms with Crippen LogP contribution < -0.4 is 5.32 Å². The Labute approximate surface area is 106 Å². The lowest BCUT2D eigenvalue weighted by Gasteiger charge is -2.17. The molecule has 0 aliphatic heterocycles. The van der Waals surface area contributed by atoms with Gasteiger partial charge in [-0.3, -0.25) is 9.59 Å². The number of amides is 1. The summed E-state index contributed by atoms with van der Waals surface area (Å²) in [6.07, 6.45) is 2.10. The molecule has 6 nitrogen and oxygen atoms in total. The molecule has 1 amide bonds. The van der Waals surface area contributed by atoms with Crippen LogP contribution in [-0.2, 0) is 14.4 Å². The Hall–Kier alpha value is -1.59. The van der Waals surface area contributed by atoms with Crippen molar-refractivity contribution in [1.29, 1.82) is 0 Å². The van der Waals surface area contributed by atoms with Crippen molar-refractivity contribution in [2.45, 2.75) is 52.0 Å². The first-order valence-electron chi connectivity index (χ1n) is 6.08. The van der Waals surface area contributed by atoms with Gasteiger partial charge < -0.3 is 15.5 Å². The summed E-state index contributed by atoms with van der Waals surface area (Å²) in [5, 5.41) is 19.8. The molecule has 0 heterocycles. The van der Waals surface area contributed by atoms with E-state index in [2.05, 4.69) is 5.32 Å². The molecule has 18 heavy (non-hydrogen) atoms. The molecule has 3 N–H and O–H groups in total. The summed E-state index contributed by atoms with van der Waals surface area (Å²) >= 11 is 0. The van der Waals surface area contributed by atoms with Crippen molar-refractivity contribution in [3.05, 3.63) is 0 Å². The van der Waals surface area contributed by atoms with E-state index in [1.165, 1.54) is 0 Å². The number of hydrogen-bond donors (Lipinski definition) is 3. The number of aliphatic carboxylic acids is 2. The van der Waals surface area contributed by atoms with Crippen LogP contribution in [0.1, 0.15) is 46.0 Å². The zero-order valence-corrected chi connectivity index (χ0v) is 10.8. The van der Waals surface area contributed by atoms with Gasteiger partial charge in [0.15, 0.2) is 0 Å². The van der Waals surface area contributed by atoms with E-state index < -0.39 is 18.0 Å². The first-order chi connectivity index (χ1) is 8.34. The molecule has 0 aromatic carbocycles. The fourth-order valence-corrected chi connectivity index (χ4v) is 1.50. The third kappa shape index (κ3) is 7.65. The van der Waals surface area contributed by atoms with Gasteiger partial charge in [-0.25, -0.2) is 4.79 Å². The maximum absolute atomic E-state index is 11.5. The van der Waals surface area contributed by atoms with Crippen LogP contribution in [-0.4, -0.2) is 34.1 Å². The highest BCUT2D eigenvalue weighted by Gasteiger charge is 2.22. The van der Waals surface area contributed by atoms with Gasteiger partial charge in [0.25, 0.3) is 0 Å². The molecule has 6 heteroatoms. The van der Waals surface area contributed by atoms with Crippen LogP contribution in [0.3, 0.4) is 0 Å². The minimum absolute atomic E-state index is 0.103. The third-order valence-electron chi connectivity index (χ3n) is 2.54. The molecule has 104 valence electrons. The summed E-state index contributed by atoms with van der Waals surface area (Å²) in [5.41, 5.74) is 0. The van der Waals surface area contributed by atoms with Crippen molar-refractivity contribution in [3.8, 4) is 0 Å². The Balaban J connectivity index is 3.82. The molecule has 0 saturated heterocycles. The van der Waals surface area contributed by atoms with Gasteiger partial charge >= 0.3 is 11.9 Å². The average Bonchev–Trinajstić information content (AvgIpc) is 2.24. The van der Waals surface area contributed by atoms with E-state index in [0.29, 0.717) is 19.3 Å². The predicted molar refractivity (Wildman–Crippen MR) is 65.1 cm³/mol. The van der Waals surface area contributed by atoms with E-state index in [-0.39, 0.29) is 24.7 Å². The Kier molecular flexibility index (Phi) is 7.74. The van der Waals surface area contributed by atoms with Gasteiger partial charge in [0.05, 0.1) is 0 Å². The van der Waals surface area contributed by atoms with E-state index in [0.717, 1.165) is 0 Å². The number of carbonyl (C=O) groups excluding carboxylic acids is 1. The van der Waals surface area contributed by atoms with Crippen molar-refractivity contribution in [1.82, 2.24) is 5.32 Å². The minimum atomic E-state index is -1.04. The van der Waals surface area contributed by atoms with Crippen LogP contribution in [0.2, 0.25) is 0 Å². The maximum atomic E-state index is 11.5. The number of nitrogens with one attached hydrogen (secondary N) is 1. The number of unbranched alkanes of at least 4 members (excludes halogenated alkanes) is 2. The molecule has 0 fully saturated rings. The molecule has 0 aromatic heterocycles. The molecule has 1 unspecified atom stereocenters. The number of carbonyl (C=O) groups is 3. The molecule has 0 rings (SSSR count). The highest BCUT2D eigenvalue weighted by Crippen LogP contribution is 2.05. The highest BCUT2D eigenvalue weighted by atomic mass is 16.4. The van der Waals surface area contributed by atoms with Crippen molar-refractivity contribution in [3.63, 3.8) is 0 Å². The van der Waals surface area contributed by atoms with Gasteiger partial charge in [-0.15, -0.1) is 0 Å². The second-order valence-corrected chi connectivity index (χ2v) is 4.58. The van der Waals surface area contributed by atoms with Gasteiger partial charge in [0.1, 0.15) is 6.04 Å². The summed E-state index contributed by atoms with van der Waals surface area (Å²) in [6.45, 7) is 3.46. The first-order valence-corrected chi connectivity index (χ1v) is 6.08. The van der Waals surface area contributed by atoms with E-state index in [1.807, 2.05) is 0 Å². The summed E-state index contributed by atoms with van der Waals surface area (Å²) in [4.78, 5) is 32.6. The standard InChI is InChI=1S/C12H21NO5/c1-8(2)11(12(17)18)13-9(14)6-4-3-5-7-10(15)16/h8,11H,3-7H2,1-2H3,(H,13,14)(H,15,16)(H,17,18). The van der Waals surface area contributed by atoms with E-state index >= 15 is 0 Å². The fraction of sp³-hybridized carbons (Fsp3) is 0.750. The fourth-order valence-electron chi connectivity index (χ4n) is 1.50. The van der Waals surface area contributed by atoms with Crippen LogP contribution >= 0.6 is 0 Å². The molecule has 0 aliphatic rings. The monoisotopic (exact) mass is 259 g/mol. The second-order valence-electron chi connectivity index (χ2n) is 4.58. The van der Waals surface area contributed by atoms with Crippen LogP contribution in [0, 0.1) is 5.92 Å². The Morgan fingerprint density at radius 1 is 1.00 bits per heavy atom. The SMILES string of the molecule is CC(C)C(NC(=O)CCCCCC(=O)O)C(=O)O. The minimum Gasteiger partial charge on any atom is -0.481 e. The van der Waals surface area contributed by atoms with Crippen LogP contribution in [0.4, 0.5) is 0 Å².